The van der Waals surface area contributed by atoms with Gasteiger partial charge in [0.2, 0.25) is 0 Å². The largest absolute Gasteiger partial charge is 0.493 e. The Morgan fingerprint density at radius 2 is 1.91 bits per heavy atom. The number of aliphatic hydroxyl groups excluding tert-OH is 1. The third kappa shape index (κ3) is 3.18. The van der Waals surface area contributed by atoms with Crippen LogP contribution in [0.15, 0.2) is 18.2 Å². The molecule has 1 saturated carbocycles. The molecule has 0 amide bonds. The van der Waals surface area contributed by atoms with Gasteiger partial charge >= 0.3 is 0 Å². The number of hydrogen-bond acceptors (Lipinski definition) is 5. The molecule has 0 unspecified atom stereocenters. The lowest BCUT2D eigenvalue weighted by Gasteiger charge is -2.38. The van der Waals surface area contributed by atoms with Gasteiger partial charge in [-0.3, -0.25) is 5.32 Å². The highest BCUT2D eigenvalue weighted by molar-refractivity contribution is 5.44. The molecule has 1 aliphatic heterocycles. The molecule has 1 aromatic rings. The Bertz CT molecular complexity index is 554. The minimum Gasteiger partial charge on any atom is -0.493 e. The van der Waals surface area contributed by atoms with Crippen molar-refractivity contribution in [2.45, 2.75) is 49.8 Å². The lowest BCUT2D eigenvalue weighted by Crippen LogP contribution is -2.53. The zero-order valence-corrected chi connectivity index (χ0v) is 14.2. The van der Waals surface area contributed by atoms with Crippen LogP contribution in [0.3, 0.4) is 0 Å². The third-order valence-corrected chi connectivity index (χ3v) is 5.22. The fourth-order valence-electron chi connectivity index (χ4n) is 3.80. The second-order valence-corrected chi connectivity index (χ2v) is 7.02. The van der Waals surface area contributed by atoms with Crippen molar-refractivity contribution in [1.29, 1.82) is 0 Å². The van der Waals surface area contributed by atoms with Gasteiger partial charge in [0.05, 0.1) is 33.0 Å². The van der Waals surface area contributed by atoms with Crippen LogP contribution in [0.25, 0.3) is 0 Å². The number of rotatable bonds is 4. The average molecular weight is 321 g/mol. The summed E-state index contributed by atoms with van der Waals surface area (Å²) in [6.45, 7) is 2.69. The summed E-state index contributed by atoms with van der Waals surface area (Å²) in [5.74, 6) is 2.06. The van der Waals surface area contributed by atoms with Crippen molar-refractivity contribution < 1.29 is 19.3 Å². The summed E-state index contributed by atoms with van der Waals surface area (Å²) in [4.78, 5) is 0. The Morgan fingerprint density at radius 1 is 1.22 bits per heavy atom. The molecule has 1 saturated heterocycles. The van der Waals surface area contributed by atoms with Crippen molar-refractivity contribution in [2.24, 2.45) is 0 Å². The maximum Gasteiger partial charge on any atom is 0.160 e. The molecular formula is C18H27NO4. The van der Waals surface area contributed by atoms with Gasteiger partial charge in [0.15, 0.2) is 11.5 Å². The van der Waals surface area contributed by atoms with Crippen molar-refractivity contribution >= 4 is 0 Å². The molecule has 2 fully saturated rings. The monoisotopic (exact) mass is 321 g/mol. The lowest BCUT2D eigenvalue weighted by atomic mass is 9.79. The van der Waals surface area contributed by atoms with Gasteiger partial charge in [-0.05, 0) is 56.2 Å². The van der Waals surface area contributed by atoms with E-state index in [4.69, 9.17) is 14.2 Å². The number of hydrogen-bond donors (Lipinski definition) is 2. The van der Waals surface area contributed by atoms with Crippen molar-refractivity contribution in [3.8, 4) is 11.5 Å². The first-order valence-corrected chi connectivity index (χ1v) is 8.29. The van der Waals surface area contributed by atoms with Gasteiger partial charge in [0, 0.05) is 0 Å². The molecule has 5 heteroatoms. The predicted molar refractivity (Wildman–Crippen MR) is 88.1 cm³/mol. The average Bonchev–Trinajstić information content (AvgIpc) is 2.92. The molecule has 0 bridgehead atoms. The highest BCUT2D eigenvalue weighted by Gasteiger charge is 2.47. The van der Waals surface area contributed by atoms with Crippen LogP contribution in [0, 0.1) is 0 Å². The van der Waals surface area contributed by atoms with Crippen LogP contribution >= 0.6 is 0 Å². The second kappa shape index (κ2) is 6.30. The number of methoxy groups -OCH3 is 2. The van der Waals surface area contributed by atoms with E-state index in [1.54, 1.807) is 14.2 Å². The maximum atomic E-state index is 9.51. The van der Waals surface area contributed by atoms with E-state index in [1.165, 1.54) is 5.56 Å². The minimum atomic E-state index is -0.309. The summed E-state index contributed by atoms with van der Waals surface area (Å²) in [6.07, 6.45) is 4.04. The molecule has 2 N–H and O–H groups in total. The molecule has 5 nitrogen and oxygen atoms in total. The Kier molecular flexibility index (Phi) is 4.54. The first kappa shape index (κ1) is 16.6. The van der Waals surface area contributed by atoms with E-state index >= 15 is 0 Å². The van der Waals surface area contributed by atoms with Crippen molar-refractivity contribution in [3.05, 3.63) is 23.8 Å². The molecule has 1 spiro atoms. The molecule has 1 heterocycles. The first-order valence-electron chi connectivity index (χ1n) is 8.29. The molecule has 0 aromatic heterocycles. The molecule has 1 aliphatic carbocycles. The molecule has 1 aromatic carbocycles. The van der Waals surface area contributed by atoms with Crippen LogP contribution in [0.2, 0.25) is 0 Å². The molecule has 3 rings (SSSR count). The Balaban J connectivity index is 1.68. The Labute approximate surface area is 137 Å². The van der Waals surface area contributed by atoms with E-state index in [2.05, 4.69) is 17.4 Å². The first-order chi connectivity index (χ1) is 11.0. The van der Waals surface area contributed by atoms with E-state index in [9.17, 15) is 5.11 Å². The van der Waals surface area contributed by atoms with Gasteiger partial charge in [-0.25, -0.2) is 0 Å². The fraction of sp³-hybridized carbons (Fsp3) is 0.667. The Hall–Kier alpha value is -1.30. The lowest BCUT2D eigenvalue weighted by molar-refractivity contribution is -0.0421. The van der Waals surface area contributed by atoms with E-state index < -0.39 is 0 Å². The van der Waals surface area contributed by atoms with Crippen molar-refractivity contribution in [2.75, 3.05) is 27.4 Å². The second-order valence-electron chi connectivity index (χ2n) is 7.02. The number of benzene rings is 1. The topological polar surface area (TPSA) is 60.0 Å². The molecule has 2 aliphatic rings. The van der Waals surface area contributed by atoms with E-state index in [-0.39, 0.29) is 17.9 Å². The zero-order chi connectivity index (χ0) is 16.5. The summed E-state index contributed by atoms with van der Waals surface area (Å²) in [5, 5.41) is 13.0. The molecule has 23 heavy (non-hydrogen) atoms. The van der Waals surface area contributed by atoms with Crippen molar-refractivity contribution in [3.63, 3.8) is 0 Å². The predicted octanol–water partition coefficient (Wildman–Crippen LogP) is 2.43. The highest BCUT2D eigenvalue weighted by Crippen LogP contribution is 2.43. The van der Waals surface area contributed by atoms with Gasteiger partial charge in [-0.15, -0.1) is 0 Å². The summed E-state index contributed by atoms with van der Waals surface area (Å²) in [7, 11) is 3.33. The van der Waals surface area contributed by atoms with E-state index in [0.717, 1.165) is 37.2 Å². The summed E-state index contributed by atoms with van der Waals surface area (Å²) >= 11 is 0. The van der Waals surface area contributed by atoms with Gasteiger partial charge in [0.1, 0.15) is 5.72 Å². The number of ether oxygens (including phenoxy) is 3. The van der Waals surface area contributed by atoms with E-state index in [1.807, 2.05) is 13.0 Å². The van der Waals surface area contributed by atoms with Crippen LogP contribution in [0.5, 0.6) is 11.5 Å². The molecule has 128 valence electrons. The summed E-state index contributed by atoms with van der Waals surface area (Å²) in [6, 6.07) is 6.19. The number of nitrogens with one attached hydrogen (secondary N) is 1. The van der Waals surface area contributed by atoms with Gasteiger partial charge in [-0.1, -0.05) is 6.07 Å². The van der Waals surface area contributed by atoms with Crippen LogP contribution in [0.4, 0.5) is 0 Å². The van der Waals surface area contributed by atoms with Crippen molar-refractivity contribution in [1.82, 2.24) is 5.32 Å². The van der Waals surface area contributed by atoms with E-state index in [0.29, 0.717) is 12.5 Å². The fourth-order valence-corrected chi connectivity index (χ4v) is 3.80. The normalized spacial score (nSPS) is 33.8. The highest BCUT2D eigenvalue weighted by atomic mass is 16.5. The van der Waals surface area contributed by atoms with Gasteiger partial charge in [-0.2, -0.15) is 0 Å². The quantitative estimate of drug-likeness (QED) is 0.892. The van der Waals surface area contributed by atoms with Crippen LogP contribution in [-0.4, -0.2) is 43.8 Å². The maximum absolute atomic E-state index is 9.51. The van der Waals surface area contributed by atoms with Crippen LogP contribution < -0.4 is 14.8 Å². The minimum absolute atomic E-state index is 0.105. The van der Waals surface area contributed by atoms with Crippen LogP contribution in [-0.2, 0) is 4.74 Å². The van der Waals surface area contributed by atoms with Gasteiger partial charge < -0.3 is 19.3 Å². The third-order valence-electron chi connectivity index (χ3n) is 5.22. The molecule has 0 radical (unpaired) electrons. The van der Waals surface area contributed by atoms with Crippen LogP contribution in [0.1, 0.15) is 44.1 Å². The molecule has 1 atom stereocenters. The SMILES string of the molecule is COc1ccc(C2CCC3(CC2)N[C@](C)(CO)CO3)cc1OC. The Morgan fingerprint density at radius 3 is 2.48 bits per heavy atom. The van der Waals surface area contributed by atoms with Gasteiger partial charge in [0.25, 0.3) is 0 Å². The zero-order valence-electron chi connectivity index (χ0n) is 14.2. The smallest absolute Gasteiger partial charge is 0.160 e. The molecular weight excluding hydrogens is 294 g/mol. The standard InChI is InChI=1S/C18H27NO4/c1-17(11-20)12-23-18(19-17)8-6-13(7-9-18)14-4-5-15(21-2)16(10-14)22-3/h4-5,10,13,19-20H,6-9,11-12H2,1-3H3/t13?,17-,18?/m1/s1. The number of aliphatic hydroxyl groups is 1. The summed E-state index contributed by atoms with van der Waals surface area (Å²) < 4.78 is 16.8. The summed E-state index contributed by atoms with van der Waals surface area (Å²) in [5.41, 5.74) is 0.723.